The molecule has 0 aliphatic rings. The molecule has 0 radical (unpaired) electrons. The Labute approximate surface area is 113 Å². The standard InChI is InChI=1S/C16H17NO2/c1-11-8-9-15(19-3)14(10-11)17-16(18)13-7-5-4-6-12(13)2/h4-10H,1-3H3,(H,17,18). The molecule has 0 aromatic heterocycles. The van der Waals surface area contributed by atoms with Gasteiger partial charge in [0.05, 0.1) is 12.8 Å². The lowest BCUT2D eigenvalue weighted by Crippen LogP contribution is -2.14. The van der Waals surface area contributed by atoms with Gasteiger partial charge < -0.3 is 10.1 Å². The van der Waals surface area contributed by atoms with Crippen molar-refractivity contribution in [3.8, 4) is 5.75 Å². The normalized spacial score (nSPS) is 10.1. The van der Waals surface area contributed by atoms with Gasteiger partial charge in [-0.3, -0.25) is 4.79 Å². The van der Waals surface area contributed by atoms with Gasteiger partial charge in [-0.05, 0) is 43.2 Å². The molecule has 0 aliphatic carbocycles. The first-order chi connectivity index (χ1) is 9.11. The molecule has 0 atom stereocenters. The Bertz CT molecular complexity index is 605. The highest BCUT2D eigenvalue weighted by Crippen LogP contribution is 2.26. The van der Waals surface area contributed by atoms with E-state index in [2.05, 4.69) is 5.32 Å². The van der Waals surface area contributed by atoms with Crippen molar-refractivity contribution in [3.05, 3.63) is 59.2 Å². The zero-order chi connectivity index (χ0) is 13.8. The molecule has 0 fully saturated rings. The second kappa shape index (κ2) is 5.57. The fourth-order valence-corrected chi connectivity index (χ4v) is 1.94. The lowest BCUT2D eigenvalue weighted by Gasteiger charge is -2.12. The van der Waals surface area contributed by atoms with Gasteiger partial charge in [-0.25, -0.2) is 0 Å². The number of carbonyl (C=O) groups is 1. The van der Waals surface area contributed by atoms with Crippen molar-refractivity contribution in [2.24, 2.45) is 0 Å². The molecule has 0 spiro atoms. The molecule has 1 N–H and O–H groups in total. The van der Waals surface area contributed by atoms with E-state index in [4.69, 9.17) is 4.74 Å². The fourth-order valence-electron chi connectivity index (χ4n) is 1.94. The lowest BCUT2D eigenvalue weighted by molar-refractivity contribution is 0.102. The zero-order valence-corrected chi connectivity index (χ0v) is 11.4. The van der Waals surface area contributed by atoms with Crippen molar-refractivity contribution >= 4 is 11.6 Å². The van der Waals surface area contributed by atoms with Crippen molar-refractivity contribution in [1.29, 1.82) is 0 Å². The van der Waals surface area contributed by atoms with Crippen LogP contribution in [0.3, 0.4) is 0 Å². The van der Waals surface area contributed by atoms with Gasteiger partial charge in [0.2, 0.25) is 0 Å². The van der Waals surface area contributed by atoms with Crippen molar-refractivity contribution < 1.29 is 9.53 Å². The van der Waals surface area contributed by atoms with Crippen LogP contribution in [0.4, 0.5) is 5.69 Å². The second-order valence-corrected chi connectivity index (χ2v) is 4.47. The molecule has 0 saturated carbocycles. The summed E-state index contributed by atoms with van der Waals surface area (Å²) < 4.78 is 5.25. The molecule has 2 aromatic carbocycles. The summed E-state index contributed by atoms with van der Waals surface area (Å²) in [7, 11) is 1.59. The average Bonchev–Trinajstić information content (AvgIpc) is 2.39. The topological polar surface area (TPSA) is 38.3 Å². The van der Waals surface area contributed by atoms with Crippen LogP contribution in [0.5, 0.6) is 5.75 Å². The van der Waals surface area contributed by atoms with E-state index in [1.165, 1.54) is 0 Å². The molecule has 2 aromatic rings. The van der Waals surface area contributed by atoms with E-state index in [1.54, 1.807) is 7.11 Å². The number of carbonyl (C=O) groups excluding carboxylic acids is 1. The van der Waals surface area contributed by atoms with Crippen molar-refractivity contribution in [2.45, 2.75) is 13.8 Å². The summed E-state index contributed by atoms with van der Waals surface area (Å²) in [6.07, 6.45) is 0. The van der Waals surface area contributed by atoms with Crippen LogP contribution in [-0.2, 0) is 0 Å². The molecule has 0 bridgehead atoms. The van der Waals surface area contributed by atoms with Crippen LogP contribution in [-0.4, -0.2) is 13.0 Å². The molecular formula is C16H17NO2. The third-order valence-corrected chi connectivity index (χ3v) is 2.99. The van der Waals surface area contributed by atoms with E-state index < -0.39 is 0 Å². The Kier molecular flexibility index (Phi) is 3.85. The Morgan fingerprint density at radius 1 is 1.11 bits per heavy atom. The van der Waals surface area contributed by atoms with Crippen LogP contribution in [0.1, 0.15) is 21.5 Å². The molecule has 1 amide bonds. The number of benzene rings is 2. The highest BCUT2D eigenvalue weighted by molar-refractivity contribution is 6.06. The van der Waals surface area contributed by atoms with Gasteiger partial charge >= 0.3 is 0 Å². The van der Waals surface area contributed by atoms with Crippen molar-refractivity contribution in [3.63, 3.8) is 0 Å². The van der Waals surface area contributed by atoms with Crippen LogP contribution in [0.2, 0.25) is 0 Å². The quantitative estimate of drug-likeness (QED) is 0.910. The number of ether oxygens (including phenoxy) is 1. The number of anilines is 1. The Hall–Kier alpha value is -2.29. The largest absolute Gasteiger partial charge is 0.495 e. The molecule has 0 saturated heterocycles. The smallest absolute Gasteiger partial charge is 0.256 e. The number of amides is 1. The molecule has 3 heteroatoms. The van der Waals surface area contributed by atoms with E-state index in [0.29, 0.717) is 17.0 Å². The first kappa shape index (κ1) is 13.1. The minimum Gasteiger partial charge on any atom is -0.495 e. The Balaban J connectivity index is 2.29. The number of aryl methyl sites for hydroxylation is 2. The van der Waals surface area contributed by atoms with Crippen LogP contribution in [0.15, 0.2) is 42.5 Å². The first-order valence-corrected chi connectivity index (χ1v) is 6.13. The monoisotopic (exact) mass is 255 g/mol. The van der Waals surface area contributed by atoms with Crippen LogP contribution in [0.25, 0.3) is 0 Å². The summed E-state index contributed by atoms with van der Waals surface area (Å²) in [6, 6.07) is 13.2. The van der Waals surface area contributed by atoms with Gasteiger partial charge in [0.15, 0.2) is 0 Å². The molecule has 19 heavy (non-hydrogen) atoms. The first-order valence-electron chi connectivity index (χ1n) is 6.13. The SMILES string of the molecule is COc1ccc(C)cc1NC(=O)c1ccccc1C. The fraction of sp³-hybridized carbons (Fsp3) is 0.188. The second-order valence-electron chi connectivity index (χ2n) is 4.47. The maximum atomic E-state index is 12.2. The number of hydrogen-bond donors (Lipinski definition) is 1. The maximum absolute atomic E-state index is 12.2. The van der Waals surface area contributed by atoms with Gasteiger partial charge in [0, 0.05) is 5.56 Å². The van der Waals surface area contributed by atoms with Gasteiger partial charge in [-0.1, -0.05) is 24.3 Å². The van der Waals surface area contributed by atoms with Gasteiger partial charge in [0.25, 0.3) is 5.91 Å². The molecule has 0 aliphatic heterocycles. The third kappa shape index (κ3) is 2.94. The van der Waals surface area contributed by atoms with Crippen molar-refractivity contribution in [1.82, 2.24) is 0 Å². The molecule has 98 valence electrons. The number of rotatable bonds is 3. The van der Waals surface area contributed by atoms with Crippen LogP contribution in [0, 0.1) is 13.8 Å². The molecule has 0 heterocycles. The minimum atomic E-state index is -0.123. The molecule has 2 rings (SSSR count). The Morgan fingerprint density at radius 2 is 1.84 bits per heavy atom. The summed E-state index contributed by atoms with van der Waals surface area (Å²) in [5, 5.41) is 2.90. The zero-order valence-electron chi connectivity index (χ0n) is 11.4. The van der Waals surface area contributed by atoms with E-state index >= 15 is 0 Å². The van der Waals surface area contributed by atoms with E-state index in [9.17, 15) is 4.79 Å². The number of hydrogen-bond acceptors (Lipinski definition) is 2. The van der Waals surface area contributed by atoms with Crippen molar-refractivity contribution in [2.75, 3.05) is 12.4 Å². The summed E-state index contributed by atoms with van der Waals surface area (Å²) in [4.78, 5) is 12.2. The minimum absolute atomic E-state index is 0.123. The maximum Gasteiger partial charge on any atom is 0.256 e. The predicted octanol–water partition coefficient (Wildman–Crippen LogP) is 3.56. The molecule has 0 unspecified atom stereocenters. The number of methoxy groups -OCH3 is 1. The van der Waals surface area contributed by atoms with E-state index in [1.807, 2.05) is 56.3 Å². The Morgan fingerprint density at radius 3 is 2.53 bits per heavy atom. The van der Waals surface area contributed by atoms with E-state index in [-0.39, 0.29) is 5.91 Å². The third-order valence-electron chi connectivity index (χ3n) is 2.99. The highest BCUT2D eigenvalue weighted by atomic mass is 16.5. The summed E-state index contributed by atoms with van der Waals surface area (Å²) in [6.45, 7) is 3.89. The van der Waals surface area contributed by atoms with Crippen LogP contribution >= 0.6 is 0 Å². The highest BCUT2D eigenvalue weighted by Gasteiger charge is 2.11. The summed E-state index contributed by atoms with van der Waals surface area (Å²) in [5.74, 6) is 0.537. The van der Waals surface area contributed by atoms with Gasteiger partial charge in [-0.15, -0.1) is 0 Å². The lowest BCUT2D eigenvalue weighted by atomic mass is 10.1. The predicted molar refractivity (Wildman–Crippen MR) is 76.9 cm³/mol. The molecular weight excluding hydrogens is 238 g/mol. The summed E-state index contributed by atoms with van der Waals surface area (Å²) >= 11 is 0. The van der Waals surface area contributed by atoms with Crippen LogP contribution < -0.4 is 10.1 Å². The average molecular weight is 255 g/mol. The summed E-state index contributed by atoms with van der Waals surface area (Å²) in [5.41, 5.74) is 3.38. The van der Waals surface area contributed by atoms with Gasteiger partial charge in [-0.2, -0.15) is 0 Å². The van der Waals surface area contributed by atoms with Gasteiger partial charge in [0.1, 0.15) is 5.75 Å². The number of nitrogens with one attached hydrogen (secondary N) is 1. The van der Waals surface area contributed by atoms with E-state index in [0.717, 1.165) is 11.1 Å². The molecule has 3 nitrogen and oxygen atoms in total.